The third-order valence-corrected chi connectivity index (χ3v) is 3.33. The maximum Gasteiger partial charge on any atom is 0.243 e. The number of nitrogens with one attached hydrogen (secondary N) is 2. The van der Waals surface area contributed by atoms with Crippen molar-refractivity contribution in [2.75, 3.05) is 17.2 Å². The van der Waals surface area contributed by atoms with Crippen LogP contribution in [-0.2, 0) is 4.79 Å². The molecule has 0 bridgehead atoms. The van der Waals surface area contributed by atoms with Crippen molar-refractivity contribution in [3.05, 3.63) is 39.8 Å². The fourth-order valence-corrected chi connectivity index (χ4v) is 2.12. The molecule has 0 fully saturated rings. The molecular formula is C11H9Cl2N3OS. The Bertz CT molecular complexity index is 545. The molecular weight excluding hydrogens is 293 g/mol. The summed E-state index contributed by atoms with van der Waals surface area (Å²) < 4.78 is 0. The molecule has 0 atom stereocenters. The van der Waals surface area contributed by atoms with Crippen molar-refractivity contribution in [3.8, 4) is 0 Å². The first-order valence-corrected chi connectivity index (χ1v) is 6.67. The van der Waals surface area contributed by atoms with Gasteiger partial charge in [0.05, 0.1) is 17.3 Å². The van der Waals surface area contributed by atoms with Crippen molar-refractivity contribution >= 4 is 51.3 Å². The number of aromatic nitrogens is 1. The van der Waals surface area contributed by atoms with Crippen LogP contribution in [0.15, 0.2) is 29.8 Å². The summed E-state index contributed by atoms with van der Waals surface area (Å²) in [6.45, 7) is 0.121. The molecule has 1 aromatic heterocycles. The third kappa shape index (κ3) is 3.60. The lowest BCUT2D eigenvalue weighted by atomic mass is 10.3. The average molecular weight is 302 g/mol. The highest BCUT2D eigenvalue weighted by molar-refractivity contribution is 7.13. The lowest BCUT2D eigenvalue weighted by Crippen LogP contribution is -2.21. The molecule has 1 amide bonds. The number of amides is 1. The second-order valence-corrected chi connectivity index (χ2v) is 5.10. The largest absolute Gasteiger partial charge is 0.352 e. The van der Waals surface area contributed by atoms with Crippen molar-refractivity contribution in [2.24, 2.45) is 0 Å². The highest BCUT2D eigenvalue weighted by atomic mass is 35.5. The van der Waals surface area contributed by atoms with E-state index in [0.29, 0.717) is 20.9 Å². The molecule has 2 N–H and O–H groups in total. The minimum Gasteiger partial charge on any atom is -0.352 e. The van der Waals surface area contributed by atoms with Crippen LogP contribution in [0.25, 0.3) is 0 Å². The number of carbonyl (C=O) groups is 1. The Balaban J connectivity index is 1.92. The summed E-state index contributed by atoms with van der Waals surface area (Å²) in [5.74, 6) is -0.214. The molecule has 94 valence electrons. The zero-order chi connectivity index (χ0) is 13.0. The van der Waals surface area contributed by atoms with Crippen LogP contribution in [0, 0.1) is 0 Å². The predicted molar refractivity (Wildman–Crippen MR) is 75.7 cm³/mol. The number of carbonyl (C=O) groups excluding carboxylic acids is 1. The summed E-state index contributed by atoms with van der Waals surface area (Å²) in [5.41, 5.74) is 0.495. The molecule has 0 unspecified atom stereocenters. The number of hydrogen-bond acceptors (Lipinski definition) is 4. The maximum atomic E-state index is 11.7. The van der Waals surface area contributed by atoms with E-state index in [-0.39, 0.29) is 12.5 Å². The molecule has 18 heavy (non-hydrogen) atoms. The molecule has 1 heterocycles. The fraction of sp³-hybridized carbons (Fsp3) is 0.0909. The van der Waals surface area contributed by atoms with Crippen LogP contribution in [-0.4, -0.2) is 17.4 Å². The standard InChI is InChI=1S/C11H9Cl2N3OS/c12-7-1-2-8(13)9(5-7)16-10(17)6-15-11-14-3-4-18-11/h1-5H,6H2,(H,14,15)(H,16,17). The first-order valence-electron chi connectivity index (χ1n) is 5.03. The number of hydrogen-bond donors (Lipinski definition) is 2. The molecule has 0 spiro atoms. The first kappa shape index (κ1) is 13.1. The van der Waals surface area contributed by atoms with E-state index in [4.69, 9.17) is 23.2 Å². The van der Waals surface area contributed by atoms with E-state index in [0.717, 1.165) is 0 Å². The van der Waals surface area contributed by atoms with Crippen LogP contribution in [0.2, 0.25) is 10.0 Å². The number of rotatable bonds is 4. The summed E-state index contributed by atoms with van der Waals surface area (Å²) in [6, 6.07) is 4.90. The highest BCUT2D eigenvalue weighted by Gasteiger charge is 2.06. The monoisotopic (exact) mass is 301 g/mol. The Hall–Kier alpha value is -1.30. The first-order chi connectivity index (χ1) is 8.65. The molecule has 4 nitrogen and oxygen atoms in total. The van der Waals surface area contributed by atoms with Crippen molar-refractivity contribution in [1.29, 1.82) is 0 Å². The number of nitrogens with zero attached hydrogens (tertiary/aromatic N) is 1. The second kappa shape index (κ2) is 6.04. The average Bonchev–Trinajstić information content (AvgIpc) is 2.84. The summed E-state index contributed by atoms with van der Waals surface area (Å²) in [7, 11) is 0. The van der Waals surface area contributed by atoms with Crippen molar-refractivity contribution in [1.82, 2.24) is 4.98 Å². The van der Waals surface area contributed by atoms with E-state index in [1.54, 1.807) is 24.4 Å². The van der Waals surface area contributed by atoms with E-state index < -0.39 is 0 Å². The summed E-state index contributed by atoms with van der Waals surface area (Å²) >= 11 is 13.2. The second-order valence-electron chi connectivity index (χ2n) is 3.36. The van der Waals surface area contributed by atoms with Crippen LogP contribution in [0.4, 0.5) is 10.8 Å². The Morgan fingerprint density at radius 1 is 1.39 bits per heavy atom. The topological polar surface area (TPSA) is 54.0 Å². The molecule has 7 heteroatoms. The predicted octanol–water partition coefficient (Wildman–Crippen LogP) is 3.50. The van der Waals surface area contributed by atoms with Crippen LogP contribution in [0.3, 0.4) is 0 Å². The Kier molecular flexibility index (Phi) is 4.41. The van der Waals surface area contributed by atoms with E-state index in [9.17, 15) is 4.79 Å². The van der Waals surface area contributed by atoms with Gasteiger partial charge in [0.25, 0.3) is 0 Å². The fourth-order valence-electron chi connectivity index (χ4n) is 1.25. The number of anilines is 2. The van der Waals surface area contributed by atoms with Gasteiger partial charge in [-0.2, -0.15) is 0 Å². The zero-order valence-corrected chi connectivity index (χ0v) is 11.4. The maximum absolute atomic E-state index is 11.7. The van der Waals surface area contributed by atoms with Crippen LogP contribution in [0.1, 0.15) is 0 Å². The minimum atomic E-state index is -0.214. The van der Waals surface area contributed by atoms with E-state index >= 15 is 0 Å². The van der Waals surface area contributed by atoms with Gasteiger partial charge in [-0.25, -0.2) is 4.98 Å². The molecule has 1 aromatic carbocycles. The van der Waals surface area contributed by atoms with E-state index in [1.165, 1.54) is 11.3 Å². The summed E-state index contributed by atoms with van der Waals surface area (Å²) in [6.07, 6.45) is 1.67. The summed E-state index contributed by atoms with van der Waals surface area (Å²) in [4.78, 5) is 15.7. The van der Waals surface area contributed by atoms with Crippen LogP contribution in [0.5, 0.6) is 0 Å². The molecule has 2 rings (SSSR count). The van der Waals surface area contributed by atoms with E-state index in [1.807, 2.05) is 5.38 Å². The van der Waals surface area contributed by atoms with Gasteiger partial charge in [0.2, 0.25) is 5.91 Å². The molecule has 0 saturated heterocycles. The smallest absolute Gasteiger partial charge is 0.243 e. The van der Waals surface area contributed by atoms with Gasteiger partial charge in [-0.1, -0.05) is 23.2 Å². The van der Waals surface area contributed by atoms with Crippen molar-refractivity contribution in [2.45, 2.75) is 0 Å². The molecule has 0 aliphatic carbocycles. The van der Waals surface area contributed by atoms with Gasteiger partial charge < -0.3 is 10.6 Å². The van der Waals surface area contributed by atoms with Crippen molar-refractivity contribution in [3.63, 3.8) is 0 Å². The lowest BCUT2D eigenvalue weighted by molar-refractivity contribution is -0.114. The van der Waals surface area contributed by atoms with Gasteiger partial charge in [0, 0.05) is 16.6 Å². The molecule has 2 aromatic rings. The number of halogens is 2. The molecule has 0 saturated carbocycles. The minimum absolute atomic E-state index is 0.121. The molecule has 0 aliphatic heterocycles. The Labute approximate surface area is 118 Å². The van der Waals surface area contributed by atoms with Gasteiger partial charge >= 0.3 is 0 Å². The molecule has 0 radical (unpaired) electrons. The van der Waals surface area contributed by atoms with Gasteiger partial charge in [-0.3, -0.25) is 4.79 Å². The lowest BCUT2D eigenvalue weighted by Gasteiger charge is -2.07. The summed E-state index contributed by atoms with van der Waals surface area (Å²) in [5, 5.41) is 9.06. The van der Waals surface area contributed by atoms with Gasteiger partial charge in [-0.05, 0) is 18.2 Å². The number of thiazole rings is 1. The van der Waals surface area contributed by atoms with Gasteiger partial charge in [0.1, 0.15) is 0 Å². The van der Waals surface area contributed by atoms with E-state index in [2.05, 4.69) is 15.6 Å². The SMILES string of the molecule is O=C(CNc1nccs1)Nc1cc(Cl)ccc1Cl. The highest BCUT2D eigenvalue weighted by Crippen LogP contribution is 2.25. The Morgan fingerprint density at radius 2 is 2.22 bits per heavy atom. The molecule has 0 aliphatic rings. The quantitative estimate of drug-likeness (QED) is 0.909. The normalized spacial score (nSPS) is 10.1. The van der Waals surface area contributed by atoms with Gasteiger partial charge in [-0.15, -0.1) is 11.3 Å². The Morgan fingerprint density at radius 3 is 2.94 bits per heavy atom. The van der Waals surface area contributed by atoms with Gasteiger partial charge in [0.15, 0.2) is 5.13 Å². The van der Waals surface area contributed by atoms with Crippen LogP contribution >= 0.6 is 34.5 Å². The number of benzene rings is 1. The zero-order valence-electron chi connectivity index (χ0n) is 9.11. The van der Waals surface area contributed by atoms with Crippen LogP contribution < -0.4 is 10.6 Å². The third-order valence-electron chi connectivity index (χ3n) is 2.03. The van der Waals surface area contributed by atoms with Crippen molar-refractivity contribution < 1.29 is 4.79 Å².